The van der Waals surface area contributed by atoms with Gasteiger partial charge in [-0.2, -0.15) is 0 Å². The first-order valence-corrected chi connectivity index (χ1v) is 10.00. The fraction of sp³-hybridized carbons (Fsp3) is 0.182. The summed E-state index contributed by atoms with van der Waals surface area (Å²) in [5.74, 6) is -1.46. The lowest BCUT2D eigenvalue weighted by atomic mass is 10.1. The molecule has 2 amide bonds. The highest BCUT2D eigenvalue weighted by Gasteiger charge is 2.34. The van der Waals surface area contributed by atoms with Gasteiger partial charge in [0.1, 0.15) is 17.4 Å². The van der Waals surface area contributed by atoms with Gasteiger partial charge in [0.05, 0.1) is 36.1 Å². The molecular weight excluding hydrogens is 408 g/mol. The number of carbonyl (C=O) groups is 1. The summed E-state index contributed by atoms with van der Waals surface area (Å²) in [6.07, 6.45) is 1.62. The van der Waals surface area contributed by atoms with Gasteiger partial charge in [0.15, 0.2) is 0 Å². The van der Waals surface area contributed by atoms with Crippen LogP contribution in [0, 0.1) is 25.5 Å². The van der Waals surface area contributed by atoms with Crippen molar-refractivity contribution in [2.24, 2.45) is 0 Å². The van der Waals surface area contributed by atoms with E-state index >= 15 is 0 Å². The molecule has 3 aromatic rings. The number of para-hydroxylation sites is 1. The van der Waals surface area contributed by atoms with Crippen LogP contribution in [0.25, 0.3) is 0 Å². The van der Waals surface area contributed by atoms with Crippen molar-refractivity contribution in [1.29, 1.82) is 0 Å². The van der Waals surface area contributed by atoms with E-state index in [-0.39, 0.29) is 17.9 Å². The molecule has 0 saturated heterocycles. The average Bonchev–Trinajstić information content (AvgIpc) is 2.73. The second-order valence-corrected chi connectivity index (χ2v) is 7.88. The van der Waals surface area contributed by atoms with Crippen molar-refractivity contribution in [2.75, 3.05) is 16.3 Å². The number of fused-ring (bicyclic) bond motifs is 1. The normalized spacial score (nSPS) is 13.4. The van der Waals surface area contributed by atoms with E-state index in [1.165, 1.54) is 28.3 Å². The lowest BCUT2D eigenvalue weighted by molar-refractivity contribution is 0.254. The van der Waals surface area contributed by atoms with E-state index in [1.807, 2.05) is 32.0 Å². The third-order valence-electron chi connectivity index (χ3n) is 4.98. The number of pyridine rings is 1. The molecule has 0 saturated carbocycles. The molecule has 0 fully saturated rings. The number of hydrogen-bond acceptors (Lipinski definition) is 4. The molecule has 0 atom stereocenters. The van der Waals surface area contributed by atoms with Gasteiger partial charge in [-0.25, -0.2) is 17.9 Å². The SMILES string of the molecule is COc1cc(F)c(CN2C(=O)N(c3cnc(C)c(C)c3)Sc3ccccc32)c(F)c1. The minimum absolute atomic E-state index is 0.0810. The van der Waals surface area contributed by atoms with Crippen molar-refractivity contribution >= 4 is 29.4 Å². The zero-order valence-electron chi connectivity index (χ0n) is 16.6. The third-order valence-corrected chi connectivity index (χ3v) is 6.07. The van der Waals surface area contributed by atoms with Crippen molar-refractivity contribution in [3.05, 3.63) is 77.1 Å². The van der Waals surface area contributed by atoms with Gasteiger partial charge < -0.3 is 4.74 Å². The highest BCUT2D eigenvalue weighted by molar-refractivity contribution is 8.01. The van der Waals surface area contributed by atoms with E-state index in [2.05, 4.69) is 4.98 Å². The fourth-order valence-corrected chi connectivity index (χ4v) is 4.16. The molecule has 1 aliphatic rings. The Morgan fingerprint density at radius 2 is 1.80 bits per heavy atom. The second-order valence-electron chi connectivity index (χ2n) is 6.89. The summed E-state index contributed by atoms with van der Waals surface area (Å²) in [6.45, 7) is 3.55. The fourth-order valence-electron chi connectivity index (χ4n) is 3.17. The van der Waals surface area contributed by atoms with Crippen LogP contribution < -0.4 is 13.9 Å². The first kappa shape index (κ1) is 20.2. The Bertz CT molecular complexity index is 1120. The molecule has 0 spiro atoms. The van der Waals surface area contributed by atoms with Gasteiger partial charge in [-0.1, -0.05) is 12.1 Å². The number of aryl methyl sites for hydroxylation is 2. The molecule has 2 heterocycles. The first-order chi connectivity index (χ1) is 14.4. The van der Waals surface area contributed by atoms with Crippen molar-refractivity contribution in [1.82, 2.24) is 4.98 Å². The lowest BCUT2D eigenvalue weighted by Gasteiger charge is -2.36. The second kappa shape index (κ2) is 7.95. The van der Waals surface area contributed by atoms with Gasteiger partial charge in [-0.15, -0.1) is 0 Å². The molecule has 1 aliphatic heterocycles. The Morgan fingerprint density at radius 3 is 2.47 bits per heavy atom. The molecular formula is C22H19F2N3O2S. The Balaban J connectivity index is 1.76. The van der Waals surface area contributed by atoms with Crippen LogP contribution >= 0.6 is 11.9 Å². The van der Waals surface area contributed by atoms with Crippen molar-refractivity contribution in [3.63, 3.8) is 0 Å². The largest absolute Gasteiger partial charge is 0.497 e. The molecule has 8 heteroatoms. The summed E-state index contributed by atoms with van der Waals surface area (Å²) in [5.41, 5.74) is 2.80. The quantitative estimate of drug-likeness (QED) is 0.506. The number of amides is 2. The number of urea groups is 1. The number of hydrogen-bond donors (Lipinski definition) is 0. The van der Waals surface area contributed by atoms with E-state index in [0.29, 0.717) is 11.4 Å². The van der Waals surface area contributed by atoms with E-state index in [0.717, 1.165) is 28.3 Å². The maximum Gasteiger partial charge on any atom is 0.339 e. The van der Waals surface area contributed by atoms with Crippen molar-refractivity contribution in [2.45, 2.75) is 25.3 Å². The molecule has 154 valence electrons. The molecule has 0 radical (unpaired) electrons. The summed E-state index contributed by atoms with van der Waals surface area (Å²) >= 11 is 1.26. The van der Waals surface area contributed by atoms with Gasteiger partial charge in [0.2, 0.25) is 0 Å². The summed E-state index contributed by atoms with van der Waals surface area (Å²) in [4.78, 5) is 19.9. The topological polar surface area (TPSA) is 45.7 Å². The number of methoxy groups -OCH3 is 1. The minimum atomic E-state index is -0.769. The number of benzene rings is 2. The van der Waals surface area contributed by atoms with Crippen LogP contribution in [0.4, 0.5) is 25.0 Å². The number of rotatable bonds is 4. The van der Waals surface area contributed by atoms with Crippen LogP contribution in [0.5, 0.6) is 5.75 Å². The first-order valence-electron chi connectivity index (χ1n) is 9.23. The van der Waals surface area contributed by atoms with Crippen LogP contribution in [0.15, 0.2) is 53.6 Å². The van der Waals surface area contributed by atoms with Crippen LogP contribution in [-0.4, -0.2) is 18.1 Å². The molecule has 30 heavy (non-hydrogen) atoms. The standard InChI is InChI=1S/C22H19F2N3O2S/c1-13-8-15(11-25-14(13)2)27-22(28)26(20-6-4-5-7-21(20)30-27)12-17-18(23)9-16(29-3)10-19(17)24/h4-11H,12H2,1-3H3. The third kappa shape index (κ3) is 3.59. The highest BCUT2D eigenvalue weighted by atomic mass is 32.2. The van der Waals surface area contributed by atoms with Gasteiger partial charge >= 0.3 is 6.03 Å². The van der Waals surface area contributed by atoms with E-state index in [4.69, 9.17) is 4.74 Å². The Morgan fingerprint density at radius 1 is 1.10 bits per heavy atom. The van der Waals surface area contributed by atoms with Crippen molar-refractivity contribution in [3.8, 4) is 5.75 Å². The zero-order valence-corrected chi connectivity index (χ0v) is 17.5. The molecule has 5 nitrogen and oxygen atoms in total. The highest BCUT2D eigenvalue weighted by Crippen LogP contribution is 2.42. The average molecular weight is 427 g/mol. The van der Waals surface area contributed by atoms with Crippen LogP contribution in [0.1, 0.15) is 16.8 Å². The van der Waals surface area contributed by atoms with Crippen LogP contribution in [0.3, 0.4) is 0 Å². The summed E-state index contributed by atoms with van der Waals surface area (Å²) in [7, 11) is 1.34. The molecule has 2 aromatic carbocycles. The maximum atomic E-state index is 14.6. The molecule has 0 bridgehead atoms. The zero-order chi connectivity index (χ0) is 21.4. The Labute approximate surface area is 177 Å². The van der Waals surface area contributed by atoms with Crippen LogP contribution in [-0.2, 0) is 6.54 Å². The number of aromatic nitrogens is 1. The molecule has 4 rings (SSSR count). The molecule has 1 aromatic heterocycles. The number of anilines is 2. The monoisotopic (exact) mass is 427 g/mol. The van der Waals surface area contributed by atoms with E-state index in [1.54, 1.807) is 18.3 Å². The Kier molecular flexibility index (Phi) is 5.34. The summed E-state index contributed by atoms with van der Waals surface area (Å²) < 4.78 is 35.6. The smallest absolute Gasteiger partial charge is 0.339 e. The molecule has 0 N–H and O–H groups in total. The van der Waals surface area contributed by atoms with E-state index < -0.39 is 17.7 Å². The predicted octanol–water partition coefficient (Wildman–Crippen LogP) is 5.64. The summed E-state index contributed by atoms with van der Waals surface area (Å²) in [6, 6.07) is 10.9. The minimum Gasteiger partial charge on any atom is -0.497 e. The number of nitrogens with zero attached hydrogens (tertiary/aromatic N) is 3. The number of ether oxygens (including phenoxy) is 1. The van der Waals surface area contributed by atoms with Gasteiger partial charge in [0, 0.05) is 23.4 Å². The number of halogens is 2. The van der Waals surface area contributed by atoms with Gasteiger partial charge in [-0.05, 0) is 49.6 Å². The van der Waals surface area contributed by atoms with Crippen molar-refractivity contribution < 1.29 is 18.3 Å². The van der Waals surface area contributed by atoms with Crippen LogP contribution in [0.2, 0.25) is 0 Å². The summed E-state index contributed by atoms with van der Waals surface area (Å²) in [5, 5.41) is 0. The molecule has 0 aliphatic carbocycles. The van der Waals surface area contributed by atoms with Gasteiger partial charge in [-0.3, -0.25) is 9.88 Å². The lowest BCUT2D eigenvalue weighted by Crippen LogP contribution is -2.43. The van der Waals surface area contributed by atoms with E-state index in [9.17, 15) is 13.6 Å². The predicted molar refractivity (Wildman–Crippen MR) is 113 cm³/mol. The Hall–Kier alpha value is -3.13. The number of carbonyl (C=O) groups excluding carboxylic acids is 1. The van der Waals surface area contributed by atoms with Gasteiger partial charge in [0.25, 0.3) is 0 Å². The molecule has 0 unspecified atom stereocenters. The maximum absolute atomic E-state index is 14.6.